The molecule has 88 valence electrons. The fraction of sp³-hybridized carbons (Fsp3) is 0.364. The lowest BCUT2D eigenvalue weighted by Gasteiger charge is -2.19. The van der Waals surface area contributed by atoms with Crippen LogP contribution in [0.5, 0.6) is 5.75 Å². The summed E-state index contributed by atoms with van der Waals surface area (Å²) in [6.07, 6.45) is 0. The van der Waals surface area contributed by atoms with Crippen LogP contribution in [0.15, 0.2) is 18.2 Å². The molecular weight excluding hydrogens is 222 g/mol. The molecule has 0 atom stereocenters. The largest absolute Gasteiger partial charge is 0.544 e. The summed E-state index contributed by atoms with van der Waals surface area (Å²) in [6, 6.07) is 5.02. The molecule has 0 saturated carbocycles. The molecule has 5 heteroatoms. The predicted octanol–water partition coefficient (Wildman–Crippen LogP) is 2.27. The number of esters is 1. The van der Waals surface area contributed by atoms with Gasteiger partial charge < -0.3 is 14.9 Å². The van der Waals surface area contributed by atoms with Gasteiger partial charge in [-0.25, -0.2) is 4.79 Å². The molecule has 1 aromatic rings. The van der Waals surface area contributed by atoms with Gasteiger partial charge in [-0.15, -0.1) is 0 Å². The summed E-state index contributed by atoms with van der Waals surface area (Å²) in [7, 11) is -0.318. The average molecular weight is 239 g/mol. The van der Waals surface area contributed by atoms with Crippen LogP contribution >= 0.6 is 0 Å². The van der Waals surface area contributed by atoms with Crippen molar-refractivity contribution >= 4 is 20.0 Å². The van der Waals surface area contributed by atoms with E-state index in [0.29, 0.717) is 17.0 Å². The fourth-order valence-corrected chi connectivity index (χ4v) is 2.09. The standard InChI is InChI=1S/C11H17NO3Si/c1-14-11(13)9-6-5-8(7-10(9)12)15-16(2,3)4/h5-7H,12H2,1-4H3. The van der Waals surface area contributed by atoms with Gasteiger partial charge in [-0.3, -0.25) is 0 Å². The Labute approximate surface area is 96.5 Å². The van der Waals surface area contributed by atoms with Crippen LogP contribution in [0.25, 0.3) is 0 Å². The lowest BCUT2D eigenvalue weighted by molar-refractivity contribution is 0.0602. The van der Waals surface area contributed by atoms with E-state index < -0.39 is 14.3 Å². The van der Waals surface area contributed by atoms with Crippen LogP contribution in [0, 0.1) is 0 Å². The normalized spacial score (nSPS) is 11.0. The zero-order chi connectivity index (χ0) is 12.3. The highest BCUT2D eigenvalue weighted by molar-refractivity contribution is 6.70. The van der Waals surface area contributed by atoms with Gasteiger partial charge in [0.05, 0.1) is 12.7 Å². The first-order chi connectivity index (χ1) is 7.33. The molecule has 1 aromatic carbocycles. The molecule has 0 amide bonds. The molecule has 2 N–H and O–H groups in total. The lowest BCUT2D eigenvalue weighted by Crippen LogP contribution is -2.29. The Bertz CT molecular complexity index is 399. The maximum Gasteiger partial charge on any atom is 0.339 e. The van der Waals surface area contributed by atoms with Crippen molar-refractivity contribution in [1.29, 1.82) is 0 Å². The molecule has 0 heterocycles. The summed E-state index contributed by atoms with van der Waals surface area (Å²) in [5.41, 5.74) is 6.49. The number of nitrogen functional groups attached to an aromatic ring is 1. The van der Waals surface area contributed by atoms with Crippen LogP contribution in [-0.4, -0.2) is 21.4 Å². The van der Waals surface area contributed by atoms with Gasteiger partial charge in [-0.05, 0) is 31.8 Å². The topological polar surface area (TPSA) is 61.5 Å². The van der Waals surface area contributed by atoms with E-state index in [1.165, 1.54) is 7.11 Å². The van der Waals surface area contributed by atoms with E-state index in [1.54, 1.807) is 18.2 Å². The molecule has 0 aromatic heterocycles. The summed E-state index contributed by atoms with van der Waals surface area (Å²) in [5.74, 6) is 0.265. The van der Waals surface area contributed by atoms with Crippen molar-refractivity contribution in [2.24, 2.45) is 0 Å². The highest BCUT2D eigenvalue weighted by Crippen LogP contribution is 2.22. The molecule has 0 aliphatic carbocycles. The summed E-state index contributed by atoms with van der Waals surface area (Å²) >= 11 is 0. The SMILES string of the molecule is COC(=O)c1ccc(O[Si](C)(C)C)cc1N. The van der Waals surface area contributed by atoms with Crippen LogP contribution in [0.1, 0.15) is 10.4 Å². The average Bonchev–Trinajstić information content (AvgIpc) is 2.14. The van der Waals surface area contributed by atoms with Crippen molar-refractivity contribution in [3.8, 4) is 5.75 Å². The van der Waals surface area contributed by atoms with E-state index in [-0.39, 0.29) is 0 Å². The van der Waals surface area contributed by atoms with Crippen molar-refractivity contribution in [1.82, 2.24) is 0 Å². The van der Waals surface area contributed by atoms with Gasteiger partial charge in [0.2, 0.25) is 8.32 Å². The molecule has 1 rings (SSSR count). The third kappa shape index (κ3) is 3.27. The number of nitrogens with two attached hydrogens (primary N) is 1. The molecule has 0 saturated heterocycles. The number of anilines is 1. The predicted molar refractivity (Wildman–Crippen MR) is 66.2 cm³/mol. The van der Waals surface area contributed by atoms with Gasteiger partial charge >= 0.3 is 5.97 Å². The number of ether oxygens (including phenoxy) is 1. The van der Waals surface area contributed by atoms with Crippen LogP contribution in [-0.2, 0) is 4.74 Å². The van der Waals surface area contributed by atoms with E-state index >= 15 is 0 Å². The smallest absolute Gasteiger partial charge is 0.339 e. The highest BCUT2D eigenvalue weighted by atomic mass is 28.4. The molecule has 0 bridgehead atoms. The van der Waals surface area contributed by atoms with E-state index in [9.17, 15) is 4.79 Å². The third-order valence-corrected chi connectivity index (χ3v) is 2.70. The van der Waals surface area contributed by atoms with Gasteiger partial charge in [-0.2, -0.15) is 0 Å². The summed E-state index contributed by atoms with van der Waals surface area (Å²) < 4.78 is 10.4. The van der Waals surface area contributed by atoms with E-state index in [1.807, 2.05) is 0 Å². The van der Waals surface area contributed by atoms with Crippen molar-refractivity contribution in [3.05, 3.63) is 23.8 Å². The Hall–Kier alpha value is -1.49. The number of methoxy groups -OCH3 is 1. The van der Waals surface area contributed by atoms with Crippen molar-refractivity contribution in [2.45, 2.75) is 19.6 Å². The molecule has 0 spiro atoms. The number of carbonyl (C=O) groups excluding carboxylic acids is 1. The van der Waals surface area contributed by atoms with Gasteiger partial charge in [0.1, 0.15) is 5.75 Å². The minimum Gasteiger partial charge on any atom is -0.544 e. The van der Waals surface area contributed by atoms with Crippen LogP contribution in [0.3, 0.4) is 0 Å². The second-order valence-electron chi connectivity index (χ2n) is 4.46. The van der Waals surface area contributed by atoms with Crippen LogP contribution in [0.2, 0.25) is 19.6 Å². The summed E-state index contributed by atoms with van der Waals surface area (Å²) in [5, 5.41) is 0. The maximum atomic E-state index is 11.3. The molecule has 0 fully saturated rings. The minimum absolute atomic E-state index is 0.366. The van der Waals surface area contributed by atoms with Crippen molar-refractivity contribution < 1.29 is 14.0 Å². The van der Waals surface area contributed by atoms with Gasteiger partial charge in [0.15, 0.2) is 0 Å². The molecule has 0 aliphatic heterocycles. The number of rotatable bonds is 3. The molecule has 0 aliphatic rings. The quantitative estimate of drug-likeness (QED) is 0.499. The first-order valence-corrected chi connectivity index (χ1v) is 8.41. The lowest BCUT2D eigenvalue weighted by atomic mass is 10.2. The molecular formula is C11H17NO3Si. The van der Waals surface area contributed by atoms with Gasteiger partial charge in [0.25, 0.3) is 0 Å². The monoisotopic (exact) mass is 239 g/mol. The zero-order valence-corrected chi connectivity index (χ0v) is 11.0. The van der Waals surface area contributed by atoms with E-state index in [0.717, 1.165) is 0 Å². The fourth-order valence-electron chi connectivity index (χ4n) is 1.25. The number of carbonyl (C=O) groups is 1. The van der Waals surface area contributed by atoms with E-state index in [4.69, 9.17) is 10.2 Å². The zero-order valence-electron chi connectivity index (χ0n) is 10.0. The third-order valence-electron chi connectivity index (χ3n) is 1.85. The van der Waals surface area contributed by atoms with Crippen LogP contribution < -0.4 is 10.2 Å². The maximum absolute atomic E-state index is 11.3. The Morgan fingerprint density at radius 3 is 2.38 bits per heavy atom. The number of hydrogen-bond acceptors (Lipinski definition) is 4. The first-order valence-electron chi connectivity index (χ1n) is 5.00. The second-order valence-corrected chi connectivity index (χ2v) is 8.88. The summed E-state index contributed by atoms with van der Waals surface area (Å²) in [6.45, 7) is 6.24. The Balaban J connectivity index is 2.96. The Morgan fingerprint density at radius 1 is 1.31 bits per heavy atom. The summed E-state index contributed by atoms with van der Waals surface area (Å²) in [4.78, 5) is 11.3. The van der Waals surface area contributed by atoms with Gasteiger partial charge in [0, 0.05) is 11.8 Å². The Kier molecular flexibility index (Phi) is 3.59. The molecule has 16 heavy (non-hydrogen) atoms. The second kappa shape index (κ2) is 4.57. The van der Waals surface area contributed by atoms with Crippen LogP contribution in [0.4, 0.5) is 5.69 Å². The minimum atomic E-state index is -1.65. The van der Waals surface area contributed by atoms with Crippen molar-refractivity contribution in [3.63, 3.8) is 0 Å². The highest BCUT2D eigenvalue weighted by Gasteiger charge is 2.17. The molecule has 0 radical (unpaired) electrons. The van der Waals surface area contributed by atoms with Crippen molar-refractivity contribution in [2.75, 3.05) is 12.8 Å². The molecule has 0 unspecified atom stereocenters. The van der Waals surface area contributed by atoms with Gasteiger partial charge in [-0.1, -0.05) is 0 Å². The van der Waals surface area contributed by atoms with E-state index in [2.05, 4.69) is 24.4 Å². The number of benzene rings is 1. The Morgan fingerprint density at radius 2 is 1.94 bits per heavy atom. The first kappa shape index (κ1) is 12.6. The number of hydrogen-bond donors (Lipinski definition) is 1. The molecule has 4 nitrogen and oxygen atoms in total.